The molecule has 3 aromatic carbocycles. The normalized spacial score (nSPS) is 15.5. The molecule has 0 saturated carbocycles. The lowest BCUT2D eigenvalue weighted by molar-refractivity contribution is 0.399. The molecule has 0 saturated heterocycles. The molecule has 2 aliphatic rings. The number of rotatable bonds is 6. The lowest BCUT2D eigenvalue weighted by Gasteiger charge is -2.12. The van der Waals surface area contributed by atoms with Crippen LogP contribution < -0.4 is 10.4 Å². The van der Waals surface area contributed by atoms with Crippen LogP contribution in [0.5, 0.6) is 0 Å². The molecule has 4 nitrogen and oxygen atoms in total. The van der Waals surface area contributed by atoms with E-state index in [9.17, 15) is 5.11 Å². The van der Waals surface area contributed by atoms with Crippen molar-refractivity contribution in [3.05, 3.63) is 191 Å². The summed E-state index contributed by atoms with van der Waals surface area (Å²) in [4.78, 5) is 14.5. The number of hydrogen-bond donors (Lipinski definition) is 1. The van der Waals surface area contributed by atoms with Gasteiger partial charge in [-0.2, -0.15) is 0 Å². The molecule has 1 N–H and O–H groups in total. The summed E-state index contributed by atoms with van der Waals surface area (Å²) in [6, 6.07) is 25.2. The largest absolute Gasteiger partial charge is 0.511 e. The molecule has 2 aliphatic carbocycles. The Balaban J connectivity index is 1.08. The molecule has 3 heterocycles. The van der Waals surface area contributed by atoms with Gasteiger partial charge in [0.25, 0.3) is 0 Å². The van der Waals surface area contributed by atoms with Gasteiger partial charge in [0.2, 0.25) is 0 Å². The van der Waals surface area contributed by atoms with Gasteiger partial charge in [-0.15, -0.1) is 11.3 Å². The van der Waals surface area contributed by atoms with Gasteiger partial charge in [-0.05, 0) is 75.9 Å². The fraction of sp³-hybridized carbons (Fsp3) is 0.0652. The standard InChI is InChI=1S/C46H35N3OS/c1-3-12-36-32(25-31-23-24-42(47-27-31)33-15-10-19-38(43(50)26-33)35-16-6-4-5-13-30(35)2)14-9-18-37(36)34-28-48-46(49-29-34)41-21-11-20-40-39-17-7-8-22-44(39)51-45(40)41/h3-15,17-25,27-29,50H,1,16,26H2,2H3/b32-25+,36-12+. The van der Waals surface area contributed by atoms with Gasteiger partial charge < -0.3 is 5.11 Å². The Morgan fingerprint density at radius 3 is 2.47 bits per heavy atom. The molecule has 0 bridgehead atoms. The van der Waals surface area contributed by atoms with Gasteiger partial charge in [-0.3, -0.25) is 4.98 Å². The van der Waals surface area contributed by atoms with Gasteiger partial charge in [-0.25, -0.2) is 9.97 Å². The van der Waals surface area contributed by atoms with Crippen molar-refractivity contribution < 1.29 is 5.11 Å². The Bertz CT molecular complexity index is 2650. The lowest BCUT2D eigenvalue weighted by Crippen LogP contribution is -2.26. The Morgan fingerprint density at radius 1 is 0.804 bits per heavy atom. The highest BCUT2D eigenvalue weighted by Gasteiger charge is 2.16. The number of aliphatic hydroxyl groups excluding tert-OH is 1. The molecule has 0 spiro atoms. The van der Waals surface area contributed by atoms with Crippen molar-refractivity contribution >= 4 is 49.2 Å². The fourth-order valence-corrected chi connectivity index (χ4v) is 8.06. The van der Waals surface area contributed by atoms with E-state index in [1.165, 1.54) is 20.2 Å². The van der Waals surface area contributed by atoms with Gasteiger partial charge in [0.1, 0.15) is 5.76 Å². The first-order valence-electron chi connectivity index (χ1n) is 17.0. The highest BCUT2D eigenvalue weighted by atomic mass is 32.1. The Kier molecular flexibility index (Phi) is 8.79. The zero-order valence-electron chi connectivity index (χ0n) is 28.3. The number of pyridine rings is 1. The Labute approximate surface area is 301 Å². The summed E-state index contributed by atoms with van der Waals surface area (Å²) in [6.45, 7) is 6.10. The van der Waals surface area contributed by atoms with E-state index < -0.39 is 0 Å². The second-order valence-electron chi connectivity index (χ2n) is 12.6. The van der Waals surface area contributed by atoms with Crippen LogP contribution in [0.1, 0.15) is 31.0 Å². The highest BCUT2D eigenvalue weighted by Crippen LogP contribution is 2.39. The molecular weight excluding hydrogens is 643 g/mol. The van der Waals surface area contributed by atoms with Gasteiger partial charge >= 0.3 is 0 Å². The second kappa shape index (κ2) is 14.0. The predicted octanol–water partition coefficient (Wildman–Crippen LogP) is 10.4. The van der Waals surface area contributed by atoms with Crippen molar-refractivity contribution in [1.82, 2.24) is 15.0 Å². The third-order valence-corrected chi connectivity index (χ3v) is 10.6. The maximum absolute atomic E-state index is 11.2. The number of aliphatic hydroxyl groups is 1. The van der Waals surface area contributed by atoms with Crippen LogP contribution in [0.3, 0.4) is 0 Å². The molecule has 0 amide bonds. The number of fused-ring (bicyclic) bond motifs is 3. The summed E-state index contributed by atoms with van der Waals surface area (Å²) in [5, 5.41) is 15.8. The van der Waals surface area contributed by atoms with E-state index >= 15 is 0 Å². The van der Waals surface area contributed by atoms with Gasteiger partial charge in [0.05, 0.1) is 5.69 Å². The number of benzene rings is 3. The van der Waals surface area contributed by atoms with Crippen LogP contribution in [0.2, 0.25) is 0 Å². The molecule has 8 rings (SSSR count). The highest BCUT2D eigenvalue weighted by molar-refractivity contribution is 7.26. The molecule has 0 atom stereocenters. The summed E-state index contributed by atoms with van der Waals surface area (Å²) < 4.78 is 2.46. The first kappa shape index (κ1) is 32.1. The van der Waals surface area contributed by atoms with Gasteiger partial charge in [0.15, 0.2) is 5.82 Å². The minimum Gasteiger partial charge on any atom is -0.511 e. The number of nitrogens with zero attached hydrogens (tertiary/aromatic N) is 3. The van der Waals surface area contributed by atoms with Crippen LogP contribution >= 0.6 is 11.3 Å². The van der Waals surface area contributed by atoms with Gasteiger partial charge in [0, 0.05) is 61.9 Å². The van der Waals surface area contributed by atoms with Crippen molar-refractivity contribution in [2.45, 2.75) is 19.8 Å². The van der Waals surface area contributed by atoms with E-state index in [0.29, 0.717) is 18.0 Å². The maximum Gasteiger partial charge on any atom is 0.160 e. The molecule has 246 valence electrons. The molecule has 0 fully saturated rings. The summed E-state index contributed by atoms with van der Waals surface area (Å²) in [5.41, 5.74) is 8.97. The van der Waals surface area contributed by atoms with E-state index in [-0.39, 0.29) is 0 Å². The van der Waals surface area contributed by atoms with Crippen molar-refractivity contribution in [2.75, 3.05) is 0 Å². The van der Waals surface area contributed by atoms with Crippen molar-refractivity contribution in [2.24, 2.45) is 0 Å². The van der Waals surface area contributed by atoms with Crippen LogP contribution in [0.25, 0.3) is 60.4 Å². The van der Waals surface area contributed by atoms with Crippen molar-refractivity contribution in [3.63, 3.8) is 0 Å². The van der Waals surface area contributed by atoms with Crippen LogP contribution in [0.4, 0.5) is 0 Å². The predicted molar refractivity (Wildman–Crippen MR) is 214 cm³/mol. The number of aromatic nitrogens is 3. The number of hydrogen-bond acceptors (Lipinski definition) is 5. The Hall–Kier alpha value is -6.17. The minimum atomic E-state index is 0.362. The lowest BCUT2D eigenvalue weighted by atomic mass is 9.95. The molecule has 6 aromatic rings. The average molecular weight is 678 g/mol. The Morgan fingerprint density at radius 2 is 1.63 bits per heavy atom. The summed E-state index contributed by atoms with van der Waals surface area (Å²) in [6.07, 6.45) is 27.3. The topological polar surface area (TPSA) is 58.9 Å². The quantitative estimate of drug-likeness (QED) is 0.191. The van der Waals surface area contributed by atoms with E-state index in [2.05, 4.69) is 105 Å². The smallest absolute Gasteiger partial charge is 0.160 e. The van der Waals surface area contributed by atoms with E-state index in [4.69, 9.17) is 15.0 Å². The van der Waals surface area contributed by atoms with E-state index in [1.54, 1.807) is 11.3 Å². The molecular formula is C46H35N3OS. The van der Waals surface area contributed by atoms with Crippen LogP contribution in [0.15, 0.2) is 169 Å². The summed E-state index contributed by atoms with van der Waals surface area (Å²) in [5.74, 6) is 1.07. The van der Waals surface area contributed by atoms with E-state index in [1.807, 2.05) is 61.1 Å². The van der Waals surface area contributed by atoms with Crippen molar-refractivity contribution in [1.29, 1.82) is 0 Å². The summed E-state index contributed by atoms with van der Waals surface area (Å²) >= 11 is 1.78. The fourth-order valence-electron chi connectivity index (χ4n) is 6.84. The summed E-state index contributed by atoms with van der Waals surface area (Å²) in [7, 11) is 0. The average Bonchev–Trinajstić information content (AvgIpc) is 3.25. The third kappa shape index (κ3) is 6.36. The number of thiophene rings is 1. The zero-order valence-corrected chi connectivity index (χ0v) is 29.1. The van der Waals surface area contributed by atoms with Crippen LogP contribution in [0, 0.1) is 0 Å². The molecule has 3 aromatic heterocycles. The minimum absolute atomic E-state index is 0.362. The zero-order chi connectivity index (χ0) is 34.7. The molecule has 5 heteroatoms. The van der Waals surface area contributed by atoms with Crippen LogP contribution in [-0.2, 0) is 0 Å². The molecule has 0 unspecified atom stereocenters. The first-order valence-corrected chi connectivity index (χ1v) is 17.8. The van der Waals surface area contributed by atoms with Crippen LogP contribution in [-0.4, -0.2) is 20.1 Å². The van der Waals surface area contributed by atoms with Crippen molar-refractivity contribution in [3.8, 4) is 22.5 Å². The maximum atomic E-state index is 11.2. The van der Waals surface area contributed by atoms with E-state index in [0.717, 1.165) is 67.1 Å². The second-order valence-corrected chi connectivity index (χ2v) is 13.7. The first-order chi connectivity index (χ1) is 25.1. The third-order valence-electron chi connectivity index (χ3n) is 9.42. The molecule has 51 heavy (non-hydrogen) atoms. The monoisotopic (exact) mass is 677 g/mol. The van der Waals surface area contributed by atoms with Gasteiger partial charge in [-0.1, -0.05) is 116 Å². The molecule has 0 aliphatic heterocycles. The number of allylic oxidation sites excluding steroid dienone is 12. The SMILES string of the molecule is C=C/C=c1/c(-c2cnc(-c3cccc4c3sc3ccccc34)nc2)ccc/c1=C\c1ccc(C2=CC=CC(C3=C(C)C=CC=CC3)=C(O)C2)nc1. The molecule has 0 radical (unpaired) electrons.